The van der Waals surface area contributed by atoms with Gasteiger partial charge in [-0.3, -0.25) is 19.2 Å². The molecule has 0 bridgehead atoms. The molecule has 0 atom stereocenters. The molecule has 1 saturated heterocycles. The zero-order chi connectivity index (χ0) is 16.2. The van der Waals surface area contributed by atoms with E-state index in [4.69, 9.17) is 9.47 Å². The van der Waals surface area contributed by atoms with Crippen LogP contribution in [-0.4, -0.2) is 69.9 Å². The molecule has 0 N–H and O–H groups in total. The van der Waals surface area contributed by atoms with Crippen LogP contribution in [0.1, 0.15) is 0 Å². The second kappa shape index (κ2) is 12.4. The number of ether oxygens (including phenoxy) is 2. The molecule has 22 heavy (non-hydrogen) atoms. The van der Waals surface area contributed by atoms with Gasteiger partial charge in [0.2, 0.25) is 0 Å². The minimum Gasteiger partial charge on any atom is -0.380 e. The lowest BCUT2D eigenvalue weighted by Gasteiger charge is -2.05. The minimum atomic E-state index is -0.486. The Hall–Kier alpha value is -0.000000000000000111. The molecule has 124 valence electrons. The van der Waals surface area contributed by atoms with E-state index in [0.29, 0.717) is 49.4 Å². The standard InChI is InChI=1S/C12H16O6S4/c13-9-10(14)21-7-3-18-4-8-22-12(16)11(15)20-6-2-17-1-5-19-9/h1-8H2. The predicted molar refractivity (Wildman–Crippen MR) is 91.5 cm³/mol. The first-order valence-electron chi connectivity index (χ1n) is 6.44. The largest absolute Gasteiger partial charge is 0.380 e. The van der Waals surface area contributed by atoms with Crippen LogP contribution in [0.5, 0.6) is 0 Å². The van der Waals surface area contributed by atoms with Gasteiger partial charge in [-0.1, -0.05) is 47.0 Å². The van der Waals surface area contributed by atoms with E-state index in [1.54, 1.807) is 0 Å². The lowest BCUT2D eigenvalue weighted by Crippen LogP contribution is -2.13. The van der Waals surface area contributed by atoms with Crippen molar-refractivity contribution >= 4 is 67.5 Å². The maximum absolute atomic E-state index is 11.5. The van der Waals surface area contributed by atoms with E-state index in [1.807, 2.05) is 0 Å². The van der Waals surface area contributed by atoms with Gasteiger partial charge in [0.15, 0.2) is 0 Å². The molecule has 0 aromatic carbocycles. The first kappa shape index (κ1) is 20.0. The van der Waals surface area contributed by atoms with Crippen molar-refractivity contribution in [2.45, 2.75) is 0 Å². The first-order chi connectivity index (χ1) is 10.6. The Morgan fingerprint density at radius 3 is 0.955 bits per heavy atom. The van der Waals surface area contributed by atoms with Gasteiger partial charge in [-0.05, 0) is 0 Å². The van der Waals surface area contributed by atoms with Gasteiger partial charge in [-0.15, -0.1) is 0 Å². The smallest absolute Gasteiger partial charge is 0.266 e. The van der Waals surface area contributed by atoms with Gasteiger partial charge >= 0.3 is 0 Å². The highest BCUT2D eigenvalue weighted by molar-refractivity contribution is 8.25. The maximum Gasteiger partial charge on any atom is 0.266 e. The van der Waals surface area contributed by atoms with Crippen LogP contribution in [0.2, 0.25) is 0 Å². The summed E-state index contributed by atoms with van der Waals surface area (Å²) in [6.07, 6.45) is 0. The van der Waals surface area contributed by atoms with Crippen LogP contribution < -0.4 is 0 Å². The summed E-state index contributed by atoms with van der Waals surface area (Å²) in [5, 5.41) is -1.94. The molecule has 0 aromatic heterocycles. The van der Waals surface area contributed by atoms with E-state index >= 15 is 0 Å². The highest BCUT2D eigenvalue weighted by Crippen LogP contribution is 2.13. The van der Waals surface area contributed by atoms with Gasteiger partial charge in [0.1, 0.15) is 0 Å². The molecule has 6 nitrogen and oxygen atoms in total. The van der Waals surface area contributed by atoms with Crippen molar-refractivity contribution < 1.29 is 28.7 Å². The second-order valence-electron chi connectivity index (χ2n) is 3.77. The molecule has 0 unspecified atom stereocenters. The number of rotatable bonds is 0. The van der Waals surface area contributed by atoms with E-state index in [2.05, 4.69) is 0 Å². The molecular formula is C12H16O6S4. The minimum absolute atomic E-state index is 0.314. The van der Waals surface area contributed by atoms with Gasteiger partial charge in [0.05, 0.1) is 26.4 Å². The molecule has 0 spiro atoms. The molecule has 10 heteroatoms. The quantitative estimate of drug-likeness (QED) is 0.565. The molecule has 1 heterocycles. The Kier molecular flexibility index (Phi) is 11.3. The Balaban J connectivity index is 2.38. The van der Waals surface area contributed by atoms with Crippen molar-refractivity contribution in [3.8, 4) is 0 Å². The third kappa shape index (κ3) is 9.21. The van der Waals surface area contributed by atoms with Gasteiger partial charge in [-0.2, -0.15) is 0 Å². The number of carbonyl (C=O) groups is 4. The first-order valence-corrected chi connectivity index (χ1v) is 10.4. The van der Waals surface area contributed by atoms with Gasteiger partial charge in [-0.25, -0.2) is 0 Å². The van der Waals surface area contributed by atoms with E-state index in [9.17, 15) is 19.2 Å². The number of thioether (sulfide) groups is 4. The van der Waals surface area contributed by atoms with Gasteiger partial charge in [0.25, 0.3) is 20.5 Å². The number of hydrogen-bond donors (Lipinski definition) is 0. The van der Waals surface area contributed by atoms with Crippen LogP contribution in [-0.2, 0) is 28.7 Å². The van der Waals surface area contributed by atoms with Crippen LogP contribution in [0, 0.1) is 0 Å². The summed E-state index contributed by atoms with van der Waals surface area (Å²) in [5.74, 6) is 1.54. The average Bonchev–Trinajstić information content (AvgIpc) is 2.51. The summed E-state index contributed by atoms with van der Waals surface area (Å²) in [6, 6.07) is 0. The fourth-order valence-corrected chi connectivity index (χ4v) is 3.94. The van der Waals surface area contributed by atoms with Crippen molar-refractivity contribution in [2.75, 3.05) is 49.4 Å². The molecule has 0 aromatic rings. The molecule has 1 aliphatic heterocycles. The van der Waals surface area contributed by atoms with Crippen molar-refractivity contribution in [1.82, 2.24) is 0 Å². The monoisotopic (exact) mass is 384 g/mol. The third-order valence-corrected chi connectivity index (χ3v) is 5.71. The van der Waals surface area contributed by atoms with Crippen molar-refractivity contribution in [3.05, 3.63) is 0 Å². The topological polar surface area (TPSA) is 86.7 Å². The van der Waals surface area contributed by atoms with E-state index < -0.39 is 20.5 Å². The third-order valence-electron chi connectivity index (χ3n) is 2.18. The van der Waals surface area contributed by atoms with Gasteiger partial charge in [0, 0.05) is 23.0 Å². The summed E-state index contributed by atoms with van der Waals surface area (Å²) in [7, 11) is 0. The van der Waals surface area contributed by atoms with E-state index in [1.165, 1.54) is 0 Å². The predicted octanol–water partition coefficient (Wildman–Crippen LogP) is 1.07. The normalized spacial score (nSPS) is 22.2. The molecule has 0 amide bonds. The summed E-state index contributed by atoms with van der Waals surface area (Å²) in [4.78, 5) is 46.0. The summed E-state index contributed by atoms with van der Waals surface area (Å²) in [5.41, 5.74) is 0. The van der Waals surface area contributed by atoms with Crippen molar-refractivity contribution in [3.63, 3.8) is 0 Å². The zero-order valence-electron chi connectivity index (χ0n) is 11.7. The Labute approximate surface area is 145 Å². The Morgan fingerprint density at radius 1 is 0.500 bits per heavy atom. The Bertz CT molecular complexity index is 340. The van der Waals surface area contributed by atoms with E-state index in [0.717, 1.165) is 47.0 Å². The van der Waals surface area contributed by atoms with E-state index in [-0.39, 0.29) is 0 Å². The lowest BCUT2D eigenvalue weighted by molar-refractivity contribution is -0.126. The van der Waals surface area contributed by atoms with Crippen LogP contribution in [0.15, 0.2) is 0 Å². The summed E-state index contributed by atoms with van der Waals surface area (Å²) in [6.45, 7) is 1.26. The van der Waals surface area contributed by atoms with Crippen LogP contribution in [0.3, 0.4) is 0 Å². The SMILES string of the molecule is O=C1SCCOCCSC(=O)C(=O)SCCOCCSC1=O. The molecule has 1 rings (SSSR count). The molecule has 0 saturated carbocycles. The number of carbonyl (C=O) groups excluding carboxylic acids is 4. The van der Waals surface area contributed by atoms with Crippen LogP contribution in [0.25, 0.3) is 0 Å². The highest BCUT2D eigenvalue weighted by atomic mass is 32.2. The molecule has 0 radical (unpaired) electrons. The van der Waals surface area contributed by atoms with Gasteiger partial charge < -0.3 is 9.47 Å². The van der Waals surface area contributed by atoms with Crippen LogP contribution >= 0.6 is 47.0 Å². The average molecular weight is 385 g/mol. The second-order valence-corrected chi connectivity index (χ2v) is 8.04. The van der Waals surface area contributed by atoms with Crippen LogP contribution in [0.4, 0.5) is 0 Å². The maximum atomic E-state index is 11.5. The number of hydrogen-bond acceptors (Lipinski definition) is 10. The molecule has 0 aliphatic carbocycles. The fraction of sp³-hybridized carbons (Fsp3) is 0.667. The Morgan fingerprint density at radius 2 is 0.727 bits per heavy atom. The van der Waals surface area contributed by atoms with Crippen molar-refractivity contribution in [1.29, 1.82) is 0 Å². The summed E-state index contributed by atoms with van der Waals surface area (Å²) >= 11 is 3.69. The summed E-state index contributed by atoms with van der Waals surface area (Å²) < 4.78 is 10.5. The molecule has 1 aliphatic rings. The highest BCUT2D eigenvalue weighted by Gasteiger charge is 2.16. The molecular weight excluding hydrogens is 368 g/mol. The zero-order valence-corrected chi connectivity index (χ0v) is 15.0. The fourth-order valence-electron chi connectivity index (χ4n) is 1.21. The van der Waals surface area contributed by atoms with Crippen molar-refractivity contribution in [2.24, 2.45) is 0 Å². The lowest BCUT2D eigenvalue weighted by atomic mass is 10.8. The molecule has 1 fully saturated rings.